The van der Waals surface area contributed by atoms with Crippen LogP contribution in [0.25, 0.3) is 0 Å². The van der Waals surface area contributed by atoms with Gasteiger partial charge in [0.1, 0.15) is 0 Å². The Labute approximate surface area is 152 Å². The molecular formula is C17H29Cl2N3O. The second-order valence-electron chi connectivity index (χ2n) is 5.84. The summed E-state index contributed by atoms with van der Waals surface area (Å²) in [5.74, 6) is 0.580. The molecule has 1 fully saturated rings. The lowest BCUT2D eigenvalue weighted by molar-refractivity contribution is 0.0950. The van der Waals surface area contributed by atoms with Crippen molar-refractivity contribution in [2.24, 2.45) is 11.7 Å². The van der Waals surface area contributed by atoms with Gasteiger partial charge >= 0.3 is 0 Å². The summed E-state index contributed by atoms with van der Waals surface area (Å²) in [4.78, 5) is 14.4. The van der Waals surface area contributed by atoms with Crippen molar-refractivity contribution >= 4 is 36.4 Å². The highest BCUT2D eigenvalue weighted by Crippen LogP contribution is 2.31. The van der Waals surface area contributed by atoms with E-state index < -0.39 is 0 Å². The summed E-state index contributed by atoms with van der Waals surface area (Å²) in [6.07, 6.45) is 3.53. The molecule has 1 aliphatic rings. The minimum absolute atomic E-state index is 0. The number of halogens is 2. The van der Waals surface area contributed by atoms with Crippen LogP contribution >= 0.6 is 24.8 Å². The summed E-state index contributed by atoms with van der Waals surface area (Å²) in [5.41, 5.74) is 7.87. The molecule has 6 heteroatoms. The van der Waals surface area contributed by atoms with Crippen molar-refractivity contribution in [3.05, 3.63) is 29.8 Å². The van der Waals surface area contributed by atoms with E-state index in [0.29, 0.717) is 18.0 Å². The van der Waals surface area contributed by atoms with Gasteiger partial charge < -0.3 is 16.0 Å². The summed E-state index contributed by atoms with van der Waals surface area (Å²) in [6.45, 7) is 6.92. The van der Waals surface area contributed by atoms with E-state index in [2.05, 4.69) is 24.1 Å². The van der Waals surface area contributed by atoms with E-state index in [0.717, 1.165) is 19.5 Å². The highest BCUT2D eigenvalue weighted by molar-refractivity contribution is 5.94. The maximum Gasteiger partial charge on any atom is 0.251 e. The minimum Gasteiger partial charge on any atom is -0.372 e. The first-order chi connectivity index (χ1) is 10.2. The lowest BCUT2D eigenvalue weighted by Gasteiger charge is -2.22. The first kappa shape index (κ1) is 22.0. The maximum atomic E-state index is 12.1. The number of carbonyl (C=O) groups is 1. The molecule has 0 aromatic heterocycles. The van der Waals surface area contributed by atoms with Crippen LogP contribution in [0.15, 0.2) is 24.3 Å². The molecule has 0 saturated heterocycles. The number of hydrogen-bond acceptors (Lipinski definition) is 3. The lowest BCUT2D eigenvalue weighted by Crippen LogP contribution is -2.38. The zero-order valence-electron chi connectivity index (χ0n) is 14.0. The zero-order chi connectivity index (χ0) is 15.2. The number of nitrogens with one attached hydrogen (secondary N) is 1. The van der Waals surface area contributed by atoms with E-state index in [-0.39, 0.29) is 36.8 Å². The van der Waals surface area contributed by atoms with Gasteiger partial charge in [-0.2, -0.15) is 0 Å². The molecule has 0 heterocycles. The van der Waals surface area contributed by atoms with Crippen molar-refractivity contribution in [2.45, 2.75) is 39.2 Å². The highest BCUT2D eigenvalue weighted by atomic mass is 35.5. The van der Waals surface area contributed by atoms with Gasteiger partial charge in [-0.25, -0.2) is 0 Å². The number of carbonyl (C=O) groups excluding carboxylic acids is 1. The van der Waals surface area contributed by atoms with Gasteiger partial charge in [-0.15, -0.1) is 24.8 Å². The average molecular weight is 362 g/mol. The van der Waals surface area contributed by atoms with Crippen molar-refractivity contribution in [2.75, 3.05) is 24.5 Å². The fourth-order valence-corrected chi connectivity index (χ4v) is 2.57. The largest absolute Gasteiger partial charge is 0.372 e. The van der Waals surface area contributed by atoms with Gasteiger partial charge in [-0.1, -0.05) is 6.92 Å². The fraction of sp³-hybridized carbons (Fsp3) is 0.588. The molecule has 4 nitrogen and oxygen atoms in total. The number of benzene rings is 1. The number of nitrogens with two attached hydrogens (primary N) is 1. The molecule has 132 valence electrons. The van der Waals surface area contributed by atoms with Crippen LogP contribution in [0.2, 0.25) is 0 Å². The van der Waals surface area contributed by atoms with E-state index in [4.69, 9.17) is 5.73 Å². The summed E-state index contributed by atoms with van der Waals surface area (Å²) >= 11 is 0. The monoisotopic (exact) mass is 361 g/mol. The number of hydrogen-bond donors (Lipinski definition) is 2. The molecule has 1 unspecified atom stereocenters. The molecular weight excluding hydrogens is 333 g/mol. The molecule has 1 atom stereocenters. The van der Waals surface area contributed by atoms with Crippen molar-refractivity contribution in [3.63, 3.8) is 0 Å². The molecule has 1 aromatic carbocycles. The van der Waals surface area contributed by atoms with E-state index in [1.165, 1.54) is 18.5 Å². The normalized spacial score (nSPS) is 14.2. The molecule has 23 heavy (non-hydrogen) atoms. The van der Waals surface area contributed by atoms with Crippen LogP contribution in [0.4, 0.5) is 5.69 Å². The Morgan fingerprint density at radius 2 is 1.87 bits per heavy atom. The highest BCUT2D eigenvalue weighted by Gasteiger charge is 2.28. The molecule has 1 aromatic rings. The van der Waals surface area contributed by atoms with Gasteiger partial charge in [0.2, 0.25) is 0 Å². The first-order valence-corrected chi connectivity index (χ1v) is 8.04. The molecule has 0 spiro atoms. The number of nitrogens with zero attached hydrogens (tertiary/aromatic N) is 1. The topological polar surface area (TPSA) is 58.4 Å². The van der Waals surface area contributed by atoms with Crippen LogP contribution in [-0.2, 0) is 0 Å². The van der Waals surface area contributed by atoms with E-state index in [1.54, 1.807) is 0 Å². The Morgan fingerprint density at radius 3 is 2.35 bits per heavy atom. The first-order valence-electron chi connectivity index (χ1n) is 8.04. The van der Waals surface area contributed by atoms with Gasteiger partial charge in [0.05, 0.1) is 0 Å². The Kier molecular flexibility index (Phi) is 10.3. The lowest BCUT2D eigenvalue weighted by atomic mass is 10.1. The number of amides is 1. The van der Waals surface area contributed by atoms with E-state index in [1.807, 2.05) is 24.3 Å². The molecule has 1 saturated carbocycles. The third-order valence-electron chi connectivity index (χ3n) is 4.10. The Morgan fingerprint density at radius 1 is 1.26 bits per heavy atom. The molecule has 1 aliphatic carbocycles. The van der Waals surface area contributed by atoms with Gasteiger partial charge in [-0.3, -0.25) is 4.79 Å². The number of rotatable bonds is 8. The zero-order valence-corrected chi connectivity index (χ0v) is 15.6. The third-order valence-corrected chi connectivity index (χ3v) is 4.10. The maximum absolute atomic E-state index is 12.1. The summed E-state index contributed by atoms with van der Waals surface area (Å²) < 4.78 is 0. The Hall–Kier alpha value is -0.970. The average Bonchev–Trinajstić information content (AvgIpc) is 3.35. The van der Waals surface area contributed by atoms with E-state index in [9.17, 15) is 4.79 Å². The van der Waals surface area contributed by atoms with Crippen LogP contribution in [0, 0.1) is 5.92 Å². The molecule has 3 N–H and O–H groups in total. The van der Waals surface area contributed by atoms with Crippen molar-refractivity contribution in [1.82, 2.24) is 5.32 Å². The van der Waals surface area contributed by atoms with Crippen LogP contribution in [-0.4, -0.2) is 31.6 Å². The Bertz CT molecular complexity index is 463. The van der Waals surface area contributed by atoms with Gasteiger partial charge in [0, 0.05) is 36.9 Å². The summed E-state index contributed by atoms with van der Waals surface area (Å²) in [6, 6.07) is 7.94. The smallest absolute Gasteiger partial charge is 0.251 e. The van der Waals surface area contributed by atoms with E-state index >= 15 is 0 Å². The fourth-order valence-electron chi connectivity index (χ4n) is 2.57. The third kappa shape index (κ3) is 6.58. The number of anilines is 1. The molecule has 2 rings (SSSR count). The van der Waals surface area contributed by atoms with Gasteiger partial charge in [-0.05, 0) is 56.4 Å². The molecule has 0 aliphatic heterocycles. The van der Waals surface area contributed by atoms with Gasteiger partial charge in [0.15, 0.2) is 0 Å². The second kappa shape index (κ2) is 10.7. The Balaban J connectivity index is 0.00000242. The van der Waals surface area contributed by atoms with Crippen LogP contribution in [0.5, 0.6) is 0 Å². The predicted molar refractivity (Wildman–Crippen MR) is 102 cm³/mol. The quantitative estimate of drug-likeness (QED) is 0.747. The van der Waals surface area contributed by atoms with Crippen molar-refractivity contribution < 1.29 is 4.79 Å². The standard InChI is InChI=1S/C17H27N3O.2ClH/c1-3-11-20(4-2)15-9-7-14(8-10-15)17(21)19-12-16(18)13-5-6-13;;/h7-10,13,16H,3-6,11-12,18H2,1-2H3,(H,19,21);2*1H. The van der Waals surface area contributed by atoms with Crippen molar-refractivity contribution in [1.29, 1.82) is 0 Å². The molecule has 1 amide bonds. The van der Waals surface area contributed by atoms with Crippen LogP contribution in [0.3, 0.4) is 0 Å². The second-order valence-corrected chi connectivity index (χ2v) is 5.84. The summed E-state index contributed by atoms with van der Waals surface area (Å²) in [7, 11) is 0. The summed E-state index contributed by atoms with van der Waals surface area (Å²) in [5, 5.41) is 2.93. The van der Waals surface area contributed by atoms with Crippen molar-refractivity contribution in [3.8, 4) is 0 Å². The van der Waals surface area contributed by atoms with Gasteiger partial charge in [0.25, 0.3) is 5.91 Å². The molecule has 0 radical (unpaired) electrons. The van der Waals surface area contributed by atoms with Crippen LogP contribution < -0.4 is 16.0 Å². The SMILES string of the molecule is CCCN(CC)c1ccc(C(=O)NCC(N)C2CC2)cc1.Cl.Cl. The molecule has 0 bridgehead atoms. The minimum atomic E-state index is -0.0313. The van der Waals surface area contributed by atoms with Crippen LogP contribution in [0.1, 0.15) is 43.5 Å². The predicted octanol–water partition coefficient (Wildman–Crippen LogP) is 3.23.